The Bertz CT molecular complexity index is 226. The predicted molar refractivity (Wildman–Crippen MR) is 44.8 cm³/mol. The fraction of sp³-hybridized carbons (Fsp3) is 0.667. The second-order valence-electron chi connectivity index (χ2n) is 3.48. The first-order valence-electron chi connectivity index (χ1n) is 3.82. The van der Waals surface area contributed by atoms with Crippen molar-refractivity contribution in [2.75, 3.05) is 0 Å². The number of carbonyl (C=O) groups excluding carboxylic acids is 3. The van der Waals surface area contributed by atoms with Crippen LogP contribution in [0.5, 0.6) is 0 Å². The normalized spacial score (nSPS) is 11.0. The van der Waals surface area contributed by atoms with Crippen LogP contribution in [0.4, 0.5) is 0 Å². The third-order valence-corrected chi connectivity index (χ3v) is 1.99. The zero-order valence-electron chi connectivity index (χ0n) is 7.93. The topological polar surface area (TPSA) is 51.2 Å². The van der Waals surface area contributed by atoms with Crippen molar-refractivity contribution in [2.45, 2.75) is 34.1 Å². The molecule has 0 unspecified atom stereocenters. The van der Waals surface area contributed by atoms with Gasteiger partial charge in [0.2, 0.25) is 0 Å². The minimum atomic E-state index is -1.01. The zero-order valence-corrected chi connectivity index (χ0v) is 7.93. The summed E-state index contributed by atoms with van der Waals surface area (Å²) in [5.74, 6) is -0.703. The van der Waals surface area contributed by atoms with Gasteiger partial charge in [-0.25, -0.2) is 0 Å². The lowest BCUT2D eigenvalue weighted by atomic mass is 9.82. The Morgan fingerprint density at radius 3 is 1.75 bits per heavy atom. The van der Waals surface area contributed by atoms with E-state index in [4.69, 9.17) is 0 Å². The lowest BCUT2D eigenvalue weighted by Gasteiger charge is -2.18. The van der Waals surface area contributed by atoms with Gasteiger partial charge in [0.15, 0.2) is 5.78 Å². The Kier molecular flexibility index (Phi) is 3.31. The summed E-state index contributed by atoms with van der Waals surface area (Å²) in [6, 6.07) is 0. The number of hydrogen-bond acceptors (Lipinski definition) is 3. The molecule has 0 spiro atoms. The largest absolute Gasteiger partial charge is 0.300 e. The van der Waals surface area contributed by atoms with Gasteiger partial charge in [-0.3, -0.25) is 14.4 Å². The van der Waals surface area contributed by atoms with Crippen molar-refractivity contribution in [1.29, 1.82) is 0 Å². The highest BCUT2D eigenvalue weighted by atomic mass is 16.2. The van der Waals surface area contributed by atoms with E-state index in [1.54, 1.807) is 13.8 Å². The fourth-order valence-electron chi connectivity index (χ4n) is 0.643. The molecule has 0 bridgehead atoms. The van der Waals surface area contributed by atoms with E-state index >= 15 is 0 Å². The Morgan fingerprint density at radius 2 is 1.50 bits per heavy atom. The Labute approximate surface area is 72.1 Å². The average Bonchev–Trinajstić information content (AvgIpc) is 1.85. The van der Waals surface area contributed by atoms with Gasteiger partial charge < -0.3 is 0 Å². The maximum Gasteiger partial charge on any atom is 0.153 e. The summed E-state index contributed by atoms with van der Waals surface area (Å²) in [5.41, 5.74) is -1.01. The van der Waals surface area contributed by atoms with E-state index in [9.17, 15) is 14.4 Å². The molecule has 0 atom stereocenters. The highest BCUT2D eigenvalue weighted by Crippen LogP contribution is 2.19. The molecule has 68 valence electrons. The van der Waals surface area contributed by atoms with Gasteiger partial charge in [0.1, 0.15) is 11.6 Å². The second-order valence-corrected chi connectivity index (χ2v) is 3.48. The summed E-state index contributed by atoms with van der Waals surface area (Å²) in [5, 5.41) is 0. The molecule has 0 aliphatic heterocycles. The van der Waals surface area contributed by atoms with Crippen molar-refractivity contribution >= 4 is 17.3 Å². The van der Waals surface area contributed by atoms with Gasteiger partial charge in [0.25, 0.3) is 0 Å². The van der Waals surface area contributed by atoms with Gasteiger partial charge >= 0.3 is 0 Å². The third-order valence-electron chi connectivity index (χ3n) is 1.99. The molecular formula is C9H14O3. The first-order chi connectivity index (χ1) is 5.28. The van der Waals surface area contributed by atoms with Crippen LogP contribution >= 0.6 is 0 Å². The summed E-state index contributed by atoms with van der Waals surface area (Å²) in [4.78, 5) is 32.8. The summed E-state index contributed by atoms with van der Waals surface area (Å²) in [6.45, 7) is 5.79. The first-order valence-corrected chi connectivity index (χ1v) is 3.82. The maximum absolute atomic E-state index is 11.3. The van der Waals surface area contributed by atoms with Gasteiger partial charge in [0.05, 0.1) is 11.8 Å². The van der Waals surface area contributed by atoms with E-state index in [1.165, 1.54) is 13.8 Å². The van der Waals surface area contributed by atoms with Crippen LogP contribution in [0.1, 0.15) is 34.1 Å². The fourth-order valence-corrected chi connectivity index (χ4v) is 0.643. The quantitative estimate of drug-likeness (QED) is 0.595. The van der Waals surface area contributed by atoms with E-state index < -0.39 is 5.41 Å². The van der Waals surface area contributed by atoms with Gasteiger partial charge in [-0.2, -0.15) is 0 Å². The van der Waals surface area contributed by atoms with Gasteiger partial charge in [-0.15, -0.1) is 0 Å². The molecule has 0 aromatic rings. The number of Topliss-reactive ketones (excluding diaryl/α,β-unsaturated/α-hetero) is 3. The molecule has 0 aliphatic rings. The van der Waals surface area contributed by atoms with Crippen LogP contribution in [0, 0.1) is 5.41 Å². The molecule has 0 fully saturated rings. The van der Waals surface area contributed by atoms with Crippen LogP contribution < -0.4 is 0 Å². The van der Waals surface area contributed by atoms with E-state index in [-0.39, 0.29) is 23.8 Å². The molecule has 0 saturated heterocycles. The minimum absolute atomic E-state index is 0.146. The van der Waals surface area contributed by atoms with Crippen LogP contribution in [0.25, 0.3) is 0 Å². The van der Waals surface area contributed by atoms with Crippen molar-refractivity contribution in [3.05, 3.63) is 0 Å². The van der Waals surface area contributed by atoms with Crippen LogP contribution in [0.3, 0.4) is 0 Å². The Morgan fingerprint density at radius 1 is 1.08 bits per heavy atom. The van der Waals surface area contributed by atoms with Gasteiger partial charge in [-0.05, 0) is 27.7 Å². The van der Waals surface area contributed by atoms with E-state index in [0.29, 0.717) is 0 Å². The second kappa shape index (κ2) is 3.61. The number of ketones is 3. The molecule has 0 heterocycles. The number of rotatable bonds is 4. The van der Waals surface area contributed by atoms with E-state index in [2.05, 4.69) is 0 Å². The summed E-state index contributed by atoms with van der Waals surface area (Å²) < 4.78 is 0. The van der Waals surface area contributed by atoms with Crippen molar-refractivity contribution in [3.63, 3.8) is 0 Å². The highest BCUT2D eigenvalue weighted by molar-refractivity contribution is 6.11. The highest BCUT2D eigenvalue weighted by Gasteiger charge is 2.32. The zero-order chi connectivity index (χ0) is 9.94. The molecule has 0 saturated carbocycles. The van der Waals surface area contributed by atoms with E-state index in [1.807, 2.05) is 0 Å². The van der Waals surface area contributed by atoms with Crippen LogP contribution in [-0.2, 0) is 14.4 Å². The summed E-state index contributed by atoms with van der Waals surface area (Å²) in [7, 11) is 0. The molecule has 0 rings (SSSR count). The molecule has 3 nitrogen and oxygen atoms in total. The van der Waals surface area contributed by atoms with Crippen molar-refractivity contribution in [3.8, 4) is 0 Å². The van der Waals surface area contributed by atoms with Crippen molar-refractivity contribution < 1.29 is 14.4 Å². The van der Waals surface area contributed by atoms with Crippen LogP contribution in [0.15, 0.2) is 0 Å². The summed E-state index contributed by atoms with van der Waals surface area (Å²) >= 11 is 0. The molecular weight excluding hydrogens is 156 g/mol. The van der Waals surface area contributed by atoms with Gasteiger partial charge in [0, 0.05) is 0 Å². The van der Waals surface area contributed by atoms with Crippen LogP contribution in [-0.4, -0.2) is 17.3 Å². The van der Waals surface area contributed by atoms with Crippen molar-refractivity contribution in [2.24, 2.45) is 5.41 Å². The molecule has 0 aliphatic carbocycles. The molecule has 0 radical (unpaired) electrons. The van der Waals surface area contributed by atoms with Gasteiger partial charge in [-0.1, -0.05) is 0 Å². The molecule has 12 heavy (non-hydrogen) atoms. The molecule has 0 aromatic carbocycles. The Hall–Kier alpha value is -0.990. The van der Waals surface area contributed by atoms with Crippen molar-refractivity contribution in [1.82, 2.24) is 0 Å². The predicted octanol–water partition coefficient (Wildman–Crippen LogP) is 1.15. The first kappa shape index (κ1) is 11.0. The monoisotopic (exact) mass is 170 g/mol. The molecule has 0 aromatic heterocycles. The number of carbonyl (C=O) groups is 3. The number of hydrogen-bond donors (Lipinski definition) is 0. The molecule has 0 N–H and O–H groups in total. The molecule has 0 amide bonds. The SMILES string of the molecule is CC(=O)CC(=O)C(C)(C)C(C)=O. The minimum Gasteiger partial charge on any atom is -0.300 e. The third kappa shape index (κ3) is 2.57. The van der Waals surface area contributed by atoms with E-state index in [0.717, 1.165) is 0 Å². The standard InChI is InChI=1S/C9H14O3/c1-6(10)5-8(12)9(3,4)7(2)11/h5H2,1-4H3. The average molecular weight is 170 g/mol. The summed E-state index contributed by atoms with van der Waals surface area (Å²) in [6.07, 6.45) is -0.146. The smallest absolute Gasteiger partial charge is 0.153 e. The Balaban J connectivity index is 4.47. The maximum atomic E-state index is 11.3. The van der Waals surface area contributed by atoms with Crippen LogP contribution in [0.2, 0.25) is 0 Å². The lowest BCUT2D eigenvalue weighted by Crippen LogP contribution is -2.32. The lowest BCUT2D eigenvalue weighted by molar-refractivity contribution is -0.138. The molecule has 3 heteroatoms.